The van der Waals surface area contributed by atoms with Crippen molar-refractivity contribution in [2.75, 3.05) is 6.54 Å². The van der Waals surface area contributed by atoms with E-state index >= 15 is 0 Å². The third-order valence-corrected chi connectivity index (χ3v) is 4.43. The van der Waals surface area contributed by atoms with Crippen LogP contribution in [0.15, 0.2) is 36.4 Å². The Bertz CT molecular complexity index is 855. The summed E-state index contributed by atoms with van der Waals surface area (Å²) in [6.07, 6.45) is 0.674. The van der Waals surface area contributed by atoms with Crippen molar-refractivity contribution in [3.05, 3.63) is 70.3 Å². The number of rotatable bonds is 7. The Kier molecular flexibility index (Phi) is 6.13. The molecule has 1 heterocycles. The zero-order valence-corrected chi connectivity index (χ0v) is 14.8. The maximum absolute atomic E-state index is 13.5. The molecular weight excluding hydrogens is 352 g/mol. The fourth-order valence-electron chi connectivity index (χ4n) is 2.97. The van der Waals surface area contributed by atoms with Crippen LogP contribution in [-0.2, 0) is 24.4 Å². The summed E-state index contributed by atoms with van der Waals surface area (Å²) < 4.78 is 26.4. The molecule has 1 aliphatic heterocycles. The van der Waals surface area contributed by atoms with Crippen molar-refractivity contribution in [2.45, 2.75) is 32.5 Å². The molecule has 0 saturated carbocycles. The zero-order valence-electron chi connectivity index (χ0n) is 14.8. The van der Waals surface area contributed by atoms with E-state index < -0.39 is 17.5 Å². The number of hydrogen-bond acceptors (Lipinski definition) is 3. The number of benzene rings is 2. The number of hydrogen-bond donors (Lipinski definition) is 3. The lowest BCUT2D eigenvalue weighted by Gasteiger charge is -2.08. The van der Waals surface area contributed by atoms with E-state index in [2.05, 4.69) is 28.1 Å². The van der Waals surface area contributed by atoms with Crippen LogP contribution in [0.25, 0.3) is 0 Å². The Morgan fingerprint density at radius 3 is 2.63 bits per heavy atom. The molecule has 3 N–H and O–H groups in total. The molecule has 0 saturated heterocycles. The summed E-state index contributed by atoms with van der Waals surface area (Å²) in [6, 6.07) is 8.95. The van der Waals surface area contributed by atoms with Crippen LogP contribution in [0.1, 0.15) is 39.9 Å². The Hall–Kier alpha value is -2.80. The van der Waals surface area contributed by atoms with Crippen LogP contribution in [0.5, 0.6) is 0 Å². The fourth-order valence-corrected chi connectivity index (χ4v) is 2.97. The molecule has 5 nitrogen and oxygen atoms in total. The Balaban J connectivity index is 1.36. The average Bonchev–Trinajstić information content (AvgIpc) is 3.11. The lowest BCUT2D eigenvalue weighted by atomic mass is 10.1. The number of nitrogens with one attached hydrogen (secondary N) is 3. The van der Waals surface area contributed by atoms with Crippen molar-refractivity contribution in [1.29, 1.82) is 0 Å². The van der Waals surface area contributed by atoms with Crippen LogP contribution in [0.3, 0.4) is 0 Å². The van der Waals surface area contributed by atoms with E-state index in [-0.39, 0.29) is 24.4 Å². The largest absolute Gasteiger partial charge is 0.352 e. The summed E-state index contributed by atoms with van der Waals surface area (Å²) in [6.45, 7) is 2.42. The van der Waals surface area contributed by atoms with Crippen LogP contribution in [0.2, 0.25) is 0 Å². The second kappa shape index (κ2) is 8.73. The van der Waals surface area contributed by atoms with E-state index in [4.69, 9.17) is 0 Å². The first kappa shape index (κ1) is 19.0. The molecule has 0 aromatic heterocycles. The van der Waals surface area contributed by atoms with Gasteiger partial charge in [0.1, 0.15) is 11.6 Å². The number of amides is 2. The molecule has 142 valence electrons. The number of carbonyl (C=O) groups excluding carboxylic acids is 2. The third-order valence-electron chi connectivity index (χ3n) is 4.43. The minimum Gasteiger partial charge on any atom is -0.352 e. The smallest absolute Gasteiger partial charge is 0.254 e. The van der Waals surface area contributed by atoms with Gasteiger partial charge in [-0.3, -0.25) is 9.59 Å². The highest BCUT2D eigenvalue weighted by Gasteiger charge is 2.12. The summed E-state index contributed by atoms with van der Waals surface area (Å²) in [5.74, 6) is -2.38. The SMILES string of the molecule is O=C(CCCNC(=O)c1ccc(F)cc1F)NCc1ccc2c(c1)CNC2. The fraction of sp³-hybridized carbons (Fsp3) is 0.300. The summed E-state index contributed by atoms with van der Waals surface area (Å²) in [5, 5.41) is 8.66. The van der Waals surface area contributed by atoms with Gasteiger partial charge in [-0.1, -0.05) is 18.2 Å². The number of carbonyl (C=O) groups is 2. The Morgan fingerprint density at radius 2 is 1.81 bits per heavy atom. The van der Waals surface area contributed by atoms with Gasteiger partial charge in [-0.15, -0.1) is 0 Å². The van der Waals surface area contributed by atoms with Crippen molar-refractivity contribution in [3.63, 3.8) is 0 Å². The number of halogens is 2. The van der Waals surface area contributed by atoms with E-state index in [1.807, 2.05) is 6.07 Å². The highest BCUT2D eigenvalue weighted by Crippen LogP contribution is 2.17. The van der Waals surface area contributed by atoms with Crippen molar-refractivity contribution in [3.8, 4) is 0 Å². The topological polar surface area (TPSA) is 70.2 Å². The molecule has 0 atom stereocenters. The van der Waals surface area contributed by atoms with E-state index in [0.717, 1.165) is 30.8 Å². The molecule has 3 rings (SSSR count). The van der Waals surface area contributed by atoms with Gasteiger partial charge < -0.3 is 16.0 Å². The van der Waals surface area contributed by atoms with Gasteiger partial charge in [0.15, 0.2) is 0 Å². The molecule has 0 fully saturated rings. The molecule has 0 spiro atoms. The Labute approximate surface area is 156 Å². The van der Waals surface area contributed by atoms with Gasteiger partial charge in [-0.2, -0.15) is 0 Å². The first-order chi connectivity index (χ1) is 13.0. The summed E-state index contributed by atoms with van der Waals surface area (Å²) in [4.78, 5) is 23.8. The van der Waals surface area contributed by atoms with E-state index in [9.17, 15) is 18.4 Å². The monoisotopic (exact) mass is 373 g/mol. The molecule has 2 aromatic rings. The predicted molar refractivity (Wildman–Crippen MR) is 96.8 cm³/mol. The molecular formula is C20H21F2N3O2. The molecule has 27 heavy (non-hydrogen) atoms. The zero-order chi connectivity index (χ0) is 19.2. The van der Waals surface area contributed by atoms with Gasteiger partial charge in [0, 0.05) is 38.7 Å². The van der Waals surface area contributed by atoms with Crippen LogP contribution in [-0.4, -0.2) is 18.4 Å². The summed E-state index contributed by atoms with van der Waals surface area (Å²) in [5.41, 5.74) is 3.38. The highest BCUT2D eigenvalue weighted by molar-refractivity contribution is 5.94. The van der Waals surface area contributed by atoms with Gasteiger partial charge in [0.05, 0.1) is 5.56 Å². The standard InChI is InChI=1S/C20H21F2N3O2/c21-16-5-6-17(18(22)9-16)20(27)24-7-1-2-19(26)25-10-13-3-4-14-11-23-12-15(14)8-13/h3-6,8-9,23H,1-2,7,10-12H2,(H,24,27)(H,25,26). The van der Waals surface area contributed by atoms with E-state index in [1.54, 1.807) is 0 Å². The number of fused-ring (bicyclic) bond motifs is 1. The summed E-state index contributed by atoms with van der Waals surface area (Å²) >= 11 is 0. The highest BCUT2D eigenvalue weighted by atomic mass is 19.1. The molecule has 1 aliphatic rings. The van der Waals surface area contributed by atoms with Crippen LogP contribution in [0, 0.1) is 11.6 Å². The van der Waals surface area contributed by atoms with Gasteiger partial charge in [0.2, 0.25) is 5.91 Å². The maximum Gasteiger partial charge on any atom is 0.254 e. The van der Waals surface area contributed by atoms with E-state index in [0.29, 0.717) is 19.0 Å². The van der Waals surface area contributed by atoms with Crippen molar-refractivity contribution >= 4 is 11.8 Å². The maximum atomic E-state index is 13.5. The first-order valence-electron chi connectivity index (χ1n) is 8.84. The van der Waals surface area contributed by atoms with Crippen LogP contribution >= 0.6 is 0 Å². The second-order valence-corrected chi connectivity index (χ2v) is 6.47. The molecule has 0 unspecified atom stereocenters. The average molecular weight is 373 g/mol. The van der Waals surface area contributed by atoms with Gasteiger partial charge >= 0.3 is 0 Å². The van der Waals surface area contributed by atoms with Crippen LogP contribution in [0.4, 0.5) is 8.78 Å². The molecule has 2 amide bonds. The second-order valence-electron chi connectivity index (χ2n) is 6.47. The van der Waals surface area contributed by atoms with Crippen molar-refractivity contribution in [2.24, 2.45) is 0 Å². The quantitative estimate of drug-likeness (QED) is 0.653. The van der Waals surface area contributed by atoms with Crippen molar-refractivity contribution < 1.29 is 18.4 Å². The van der Waals surface area contributed by atoms with Crippen molar-refractivity contribution in [1.82, 2.24) is 16.0 Å². The minimum atomic E-state index is -0.908. The van der Waals surface area contributed by atoms with Gasteiger partial charge in [-0.05, 0) is 35.2 Å². The molecule has 7 heteroatoms. The normalized spacial score (nSPS) is 12.5. The molecule has 0 radical (unpaired) electrons. The molecule has 0 aliphatic carbocycles. The lowest BCUT2D eigenvalue weighted by molar-refractivity contribution is -0.121. The van der Waals surface area contributed by atoms with E-state index in [1.165, 1.54) is 11.1 Å². The van der Waals surface area contributed by atoms with Gasteiger partial charge in [0.25, 0.3) is 5.91 Å². The summed E-state index contributed by atoms with van der Waals surface area (Å²) in [7, 11) is 0. The van der Waals surface area contributed by atoms with Crippen LogP contribution < -0.4 is 16.0 Å². The van der Waals surface area contributed by atoms with Gasteiger partial charge in [-0.25, -0.2) is 8.78 Å². The molecule has 2 aromatic carbocycles. The lowest BCUT2D eigenvalue weighted by Crippen LogP contribution is -2.28. The third kappa shape index (κ3) is 5.10. The Morgan fingerprint density at radius 1 is 1.00 bits per heavy atom. The molecule has 0 bridgehead atoms. The first-order valence-corrected chi connectivity index (χ1v) is 8.84. The predicted octanol–water partition coefficient (Wildman–Crippen LogP) is 2.39. The minimum absolute atomic E-state index is 0.115.